The summed E-state index contributed by atoms with van der Waals surface area (Å²) in [6, 6.07) is 15.4. The average Bonchev–Trinajstić information content (AvgIpc) is 3.36. The van der Waals surface area contributed by atoms with Gasteiger partial charge in [-0.2, -0.15) is 5.10 Å². The van der Waals surface area contributed by atoms with Crippen LogP contribution in [0.1, 0.15) is 11.3 Å². The number of hydrogen-bond acceptors (Lipinski definition) is 7. The molecule has 0 aliphatic heterocycles. The summed E-state index contributed by atoms with van der Waals surface area (Å²) in [5.74, 6) is -0.870. The highest BCUT2D eigenvalue weighted by Crippen LogP contribution is 2.27. The zero-order valence-electron chi connectivity index (χ0n) is 18.0. The minimum absolute atomic E-state index is 0.0861. The van der Waals surface area contributed by atoms with Crippen molar-refractivity contribution >= 4 is 45.6 Å². The number of carbonyl (C=O) groups is 3. The van der Waals surface area contributed by atoms with Crippen molar-refractivity contribution in [1.82, 2.24) is 10.7 Å². The Bertz CT molecular complexity index is 1160. The summed E-state index contributed by atoms with van der Waals surface area (Å²) in [7, 11) is 1.45. The first-order valence-electron chi connectivity index (χ1n) is 9.94. The number of ether oxygens (including phenoxy) is 2. The van der Waals surface area contributed by atoms with Crippen molar-refractivity contribution in [1.29, 1.82) is 0 Å². The van der Waals surface area contributed by atoms with Crippen LogP contribution in [0.4, 0.5) is 5.69 Å². The molecule has 0 unspecified atom stereocenters. The van der Waals surface area contributed by atoms with Crippen molar-refractivity contribution in [3.05, 3.63) is 76.7 Å². The second kappa shape index (κ2) is 12.2. The maximum absolute atomic E-state index is 12.1. The molecule has 176 valence electrons. The molecule has 0 bridgehead atoms. The average molecular weight is 529 g/mol. The van der Waals surface area contributed by atoms with Crippen LogP contribution in [0.2, 0.25) is 0 Å². The minimum atomic E-state index is -0.925. The Morgan fingerprint density at radius 1 is 1.06 bits per heavy atom. The molecule has 0 radical (unpaired) electrons. The zero-order chi connectivity index (χ0) is 24.3. The van der Waals surface area contributed by atoms with Crippen LogP contribution in [-0.2, 0) is 20.9 Å². The Hall–Kier alpha value is -4.12. The number of hydrazone groups is 1. The topological polar surface area (TPSA) is 131 Å². The van der Waals surface area contributed by atoms with Gasteiger partial charge in [0.15, 0.2) is 18.1 Å². The van der Waals surface area contributed by atoms with Crippen LogP contribution in [0, 0.1) is 0 Å². The summed E-state index contributed by atoms with van der Waals surface area (Å²) in [6.07, 6.45) is 2.81. The van der Waals surface area contributed by atoms with Gasteiger partial charge in [0.2, 0.25) is 0 Å². The number of amides is 3. The summed E-state index contributed by atoms with van der Waals surface area (Å²) in [5, 5.41) is 8.91. The lowest BCUT2D eigenvalue weighted by Gasteiger charge is -2.11. The maximum atomic E-state index is 12.1. The predicted molar refractivity (Wildman–Crippen MR) is 128 cm³/mol. The van der Waals surface area contributed by atoms with Gasteiger partial charge in [-0.05, 0) is 60.2 Å². The van der Waals surface area contributed by atoms with Gasteiger partial charge in [0, 0.05) is 10.2 Å². The molecule has 1 heterocycles. The van der Waals surface area contributed by atoms with Crippen molar-refractivity contribution in [3.63, 3.8) is 0 Å². The highest BCUT2D eigenvalue weighted by atomic mass is 79.9. The molecule has 10 nitrogen and oxygen atoms in total. The molecule has 0 aliphatic carbocycles. The van der Waals surface area contributed by atoms with E-state index >= 15 is 0 Å². The summed E-state index contributed by atoms with van der Waals surface area (Å²) < 4.78 is 16.8. The number of rotatable bonds is 9. The smallest absolute Gasteiger partial charge is 0.329 e. The van der Waals surface area contributed by atoms with Crippen LogP contribution in [0.3, 0.4) is 0 Å². The molecule has 2 aromatic carbocycles. The van der Waals surface area contributed by atoms with Gasteiger partial charge in [-0.3, -0.25) is 14.4 Å². The van der Waals surface area contributed by atoms with Crippen LogP contribution in [0.15, 0.2) is 74.9 Å². The molecule has 3 amide bonds. The van der Waals surface area contributed by atoms with Gasteiger partial charge in [-0.25, -0.2) is 5.43 Å². The molecule has 0 saturated heterocycles. The first kappa shape index (κ1) is 24.5. The van der Waals surface area contributed by atoms with E-state index < -0.39 is 11.8 Å². The number of nitrogens with zero attached hydrogens (tertiary/aromatic N) is 1. The number of benzene rings is 2. The van der Waals surface area contributed by atoms with E-state index in [4.69, 9.17) is 13.9 Å². The second-order valence-corrected chi connectivity index (χ2v) is 7.63. The number of anilines is 1. The van der Waals surface area contributed by atoms with E-state index in [1.807, 2.05) is 12.1 Å². The van der Waals surface area contributed by atoms with Gasteiger partial charge in [0.25, 0.3) is 5.91 Å². The van der Waals surface area contributed by atoms with Gasteiger partial charge in [0.1, 0.15) is 5.76 Å². The lowest BCUT2D eigenvalue weighted by molar-refractivity contribution is -0.139. The lowest BCUT2D eigenvalue weighted by atomic mass is 10.2. The summed E-state index contributed by atoms with van der Waals surface area (Å²) in [5.41, 5.74) is 3.35. The third-order valence-corrected chi connectivity index (χ3v) is 4.79. The fraction of sp³-hybridized carbons (Fsp3) is 0.130. The van der Waals surface area contributed by atoms with Crippen LogP contribution in [-0.4, -0.2) is 37.7 Å². The Kier molecular flexibility index (Phi) is 8.81. The van der Waals surface area contributed by atoms with Crippen LogP contribution in [0.5, 0.6) is 11.5 Å². The summed E-state index contributed by atoms with van der Waals surface area (Å²) >= 11 is 3.33. The van der Waals surface area contributed by atoms with E-state index in [0.717, 1.165) is 4.47 Å². The lowest BCUT2D eigenvalue weighted by Crippen LogP contribution is -2.37. The quantitative estimate of drug-likeness (QED) is 0.222. The molecule has 0 aliphatic rings. The Labute approximate surface area is 203 Å². The van der Waals surface area contributed by atoms with Gasteiger partial charge < -0.3 is 24.5 Å². The number of methoxy groups -OCH3 is 1. The van der Waals surface area contributed by atoms with Crippen molar-refractivity contribution in [3.8, 4) is 11.5 Å². The van der Waals surface area contributed by atoms with Crippen molar-refractivity contribution in [2.75, 3.05) is 19.0 Å². The zero-order valence-corrected chi connectivity index (χ0v) is 19.6. The van der Waals surface area contributed by atoms with Gasteiger partial charge >= 0.3 is 11.8 Å². The van der Waals surface area contributed by atoms with E-state index in [0.29, 0.717) is 28.5 Å². The van der Waals surface area contributed by atoms with Crippen molar-refractivity contribution < 1.29 is 28.3 Å². The van der Waals surface area contributed by atoms with Crippen LogP contribution in [0.25, 0.3) is 0 Å². The Morgan fingerprint density at radius 3 is 2.56 bits per heavy atom. The predicted octanol–water partition coefficient (Wildman–Crippen LogP) is 2.83. The molecule has 34 heavy (non-hydrogen) atoms. The van der Waals surface area contributed by atoms with E-state index in [1.165, 1.54) is 19.6 Å². The molecule has 1 aromatic heterocycles. The largest absolute Gasteiger partial charge is 0.493 e. The molecule has 3 rings (SSSR count). The molecule has 0 spiro atoms. The molecule has 0 atom stereocenters. The molecular formula is C23H21BrN4O6. The Morgan fingerprint density at radius 2 is 1.85 bits per heavy atom. The number of halogens is 1. The third kappa shape index (κ3) is 7.48. The number of hydrogen-bond donors (Lipinski definition) is 3. The highest BCUT2D eigenvalue weighted by molar-refractivity contribution is 9.10. The molecule has 0 saturated carbocycles. The fourth-order valence-electron chi connectivity index (χ4n) is 2.63. The minimum Gasteiger partial charge on any atom is -0.493 e. The van der Waals surface area contributed by atoms with Crippen LogP contribution >= 0.6 is 15.9 Å². The van der Waals surface area contributed by atoms with E-state index in [2.05, 4.69) is 37.1 Å². The second-order valence-electron chi connectivity index (χ2n) is 6.72. The monoisotopic (exact) mass is 528 g/mol. The number of carbonyl (C=O) groups excluding carboxylic acids is 3. The normalized spacial score (nSPS) is 10.5. The van der Waals surface area contributed by atoms with Gasteiger partial charge in [0.05, 0.1) is 26.1 Å². The number of furan rings is 1. The standard InChI is InChI=1S/C23H21BrN4O6/c1-32-20-11-15(12-26-28-23(31)22(30)25-13-18-3-2-10-33-18)4-9-19(20)34-14-21(29)27-17-7-5-16(24)6-8-17/h2-12H,13-14H2,1H3,(H,25,30)(H,27,29)(H,28,31)/b26-12-. The van der Waals surface area contributed by atoms with Gasteiger partial charge in [-0.15, -0.1) is 0 Å². The summed E-state index contributed by atoms with van der Waals surface area (Å²) in [6.45, 7) is -0.133. The van der Waals surface area contributed by atoms with E-state index in [-0.39, 0.29) is 19.1 Å². The molecule has 0 fully saturated rings. The molecule has 3 N–H and O–H groups in total. The third-order valence-electron chi connectivity index (χ3n) is 4.26. The summed E-state index contributed by atoms with van der Waals surface area (Å²) in [4.78, 5) is 35.7. The first-order valence-corrected chi connectivity index (χ1v) is 10.7. The first-order chi connectivity index (χ1) is 16.4. The van der Waals surface area contributed by atoms with E-state index in [1.54, 1.807) is 42.5 Å². The van der Waals surface area contributed by atoms with Crippen LogP contribution < -0.4 is 25.5 Å². The van der Waals surface area contributed by atoms with Crippen molar-refractivity contribution in [2.24, 2.45) is 5.10 Å². The fourth-order valence-corrected chi connectivity index (χ4v) is 2.90. The Balaban J connectivity index is 1.48. The van der Waals surface area contributed by atoms with Crippen molar-refractivity contribution in [2.45, 2.75) is 6.54 Å². The molecule has 11 heteroatoms. The maximum Gasteiger partial charge on any atom is 0.329 e. The number of nitrogens with one attached hydrogen (secondary N) is 3. The highest BCUT2D eigenvalue weighted by Gasteiger charge is 2.13. The molecule has 3 aromatic rings. The molecular weight excluding hydrogens is 508 g/mol. The van der Waals surface area contributed by atoms with E-state index in [9.17, 15) is 14.4 Å². The SMILES string of the molecule is COc1cc(/C=N\NC(=O)C(=O)NCc2ccco2)ccc1OCC(=O)Nc1ccc(Br)cc1. The van der Waals surface area contributed by atoms with Gasteiger partial charge in [-0.1, -0.05) is 15.9 Å².